The molecule has 2 aromatic heterocycles. The molecule has 0 amide bonds. The fraction of sp³-hybridized carbons (Fsp3) is 0.265. The number of aliphatic imine (C=N–C) groups is 2. The zero-order valence-electron chi connectivity index (χ0n) is 36.9. The second kappa shape index (κ2) is 18.2. The largest absolute Gasteiger partial charge is 0.505 e. The van der Waals surface area contributed by atoms with Gasteiger partial charge in [-0.3, -0.25) is 19.6 Å². The second-order valence-corrected chi connectivity index (χ2v) is 20.8. The van der Waals surface area contributed by atoms with Gasteiger partial charge in [0, 0.05) is 83.5 Å². The van der Waals surface area contributed by atoms with Gasteiger partial charge in [-0.1, -0.05) is 38.1 Å². The third-order valence-electron chi connectivity index (χ3n) is 11.6. The highest BCUT2D eigenvalue weighted by molar-refractivity contribution is 7.90. The van der Waals surface area contributed by atoms with Crippen LogP contribution in [-0.2, 0) is 45.3 Å². The lowest BCUT2D eigenvalue weighted by Gasteiger charge is -2.15. The number of phenols is 1. The summed E-state index contributed by atoms with van der Waals surface area (Å²) in [7, 11) is -1.75. The van der Waals surface area contributed by atoms with Gasteiger partial charge in [0.05, 0.1) is 42.1 Å². The number of aryl methyl sites for hydroxylation is 2. The van der Waals surface area contributed by atoms with Gasteiger partial charge >= 0.3 is 0 Å². The summed E-state index contributed by atoms with van der Waals surface area (Å²) in [5.74, 6) is -1.69. The van der Waals surface area contributed by atoms with E-state index in [1.807, 2.05) is 32.0 Å². The molecular weight excluding hydrogens is 875 g/mol. The van der Waals surface area contributed by atoms with E-state index in [9.17, 15) is 40.3 Å². The number of nitrogens with zero attached hydrogens (tertiary/aromatic N) is 4. The van der Waals surface area contributed by atoms with E-state index in [1.54, 1.807) is 76.7 Å². The molecule has 16 heteroatoms. The Labute approximate surface area is 376 Å². The highest BCUT2D eigenvalue weighted by atomic mass is 32.2. The SMILES string of the molecule is CCS(=O)(=O)Cc1ccc2c(c1)-c1cn(C)c(=O)cc1[C@H](C)N=C2c1ccc(F)c(O)c1.CCS(=O)(=O)Cc1ccc2c(c1)-c1cn(C)c(=O)cc1[C@H](C)N=C2c1ccc(F)c(OC)c1. The summed E-state index contributed by atoms with van der Waals surface area (Å²) in [6.45, 7) is 6.99. The summed E-state index contributed by atoms with van der Waals surface area (Å²) in [6.07, 6.45) is 3.49. The Morgan fingerprint density at radius 3 is 1.45 bits per heavy atom. The number of aromatic nitrogens is 2. The molecule has 0 aliphatic carbocycles. The average Bonchev–Trinajstić information content (AvgIpc) is 3.45. The Bertz CT molecular complexity index is 3300. The number of aromatic hydroxyl groups is 1. The molecule has 12 nitrogen and oxygen atoms in total. The van der Waals surface area contributed by atoms with Crippen LogP contribution in [0.2, 0.25) is 0 Å². The number of pyridine rings is 2. The van der Waals surface area contributed by atoms with Gasteiger partial charge < -0.3 is 19.0 Å². The lowest BCUT2D eigenvalue weighted by atomic mass is 9.91. The number of sulfone groups is 2. The minimum Gasteiger partial charge on any atom is -0.505 e. The lowest BCUT2D eigenvalue weighted by Crippen LogP contribution is -2.17. The van der Waals surface area contributed by atoms with Crippen LogP contribution in [0.1, 0.15) is 84.3 Å². The number of halogens is 2. The summed E-state index contributed by atoms with van der Waals surface area (Å²) >= 11 is 0. The molecule has 0 radical (unpaired) electrons. The molecule has 4 heterocycles. The van der Waals surface area contributed by atoms with Gasteiger partial charge in [-0.15, -0.1) is 0 Å². The number of benzene rings is 4. The standard InChI is InChI=1S/C25H25FN2O4S.C24H23FN2O4S/c1-5-33(30,31)14-16-6-8-18-20(10-16)21-13-28(3)24(29)12-19(21)15(2)27-25(18)17-7-9-22(26)23(11-17)32-4;1-4-32(30,31)13-15-5-7-17-19(9-15)20-12-27(3)23(29)11-18(20)14(2)26-24(17)16-6-8-21(25)22(28)10-16/h6-13,15H,5,14H2,1-4H3;5-12,14,28H,4,13H2,1-3H3/t15-;14-/m00/s1. The van der Waals surface area contributed by atoms with Crippen molar-refractivity contribution >= 4 is 31.1 Å². The van der Waals surface area contributed by atoms with Crippen LogP contribution in [0.5, 0.6) is 11.5 Å². The number of ether oxygens (including phenoxy) is 1. The van der Waals surface area contributed by atoms with Crippen molar-refractivity contribution in [1.82, 2.24) is 9.13 Å². The van der Waals surface area contributed by atoms with Crippen LogP contribution in [0.15, 0.2) is 117 Å². The van der Waals surface area contributed by atoms with Crippen molar-refractivity contribution in [2.45, 2.75) is 51.3 Å². The predicted octanol–water partition coefficient (Wildman–Crippen LogP) is 7.79. The number of rotatable bonds is 9. The van der Waals surface area contributed by atoms with Crippen molar-refractivity contribution in [3.8, 4) is 33.8 Å². The molecule has 0 fully saturated rings. The van der Waals surface area contributed by atoms with Crippen LogP contribution in [-0.4, -0.2) is 61.1 Å². The maximum absolute atomic E-state index is 14.1. The van der Waals surface area contributed by atoms with Crippen molar-refractivity contribution in [3.05, 3.63) is 174 Å². The molecule has 6 aromatic rings. The summed E-state index contributed by atoms with van der Waals surface area (Å²) in [4.78, 5) is 34.5. The first kappa shape index (κ1) is 46.5. The Morgan fingerprint density at radius 2 is 1.03 bits per heavy atom. The van der Waals surface area contributed by atoms with Crippen molar-refractivity contribution in [2.24, 2.45) is 24.1 Å². The first-order valence-corrected chi connectivity index (χ1v) is 24.4. The fourth-order valence-electron chi connectivity index (χ4n) is 7.96. The molecule has 2 atom stereocenters. The van der Waals surface area contributed by atoms with Gasteiger partial charge in [0.2, 0.25) is 0 Å². The molecule has 338 valence electrons. The second-order valence-electron chi connectivity index (χ2n) is 16.1. The van der Waals surface area contributed by atoms with Crippen LogP contribution >= 0.6 is 0 Å². The molecule has 4 aromatic carbocycles. The molecule has 0 saturated carbocycles. The molecule has 2 aliphatic rings. The third-order valence-corrected chi connectivity index (χ3v) is 14.9. The molecule has 0 bridgehead atoms. The van der Waals surface area contributed by atoms with Crippen LogP contribution in [0.4, 0.5) is 8.78 Å². The third kappa shape index (κ3) is 9.64. The van der Waals surface area contributed by atoms with Gasteiger partial charge in [-0.25, -0.2) is 25.6 Å². The van der Waals surface area contributed by atoms with E-state index in [0.29, 0.717) is 44.8 Å². The van der Waals surface area contributed by atoms with Gasteiger partial charge in [-0.2, -0.15) is 0 Å². The molecule has 0 saturated heterocycles. The Hall–Kier alpha value is -6.52. The highest BCUT2D eigenvalue weighted by Gasteiger charge is 2.27. The smallest absolute Gasteiger partial charge is 0.250 e. The number of hydrogen-bond acceptors (Lipinski definition) is 10. The maximum Gasteiger partial charge on any atom is 0.250 e. The first-order chi connectivity index (χ1) is 30.7. The van der Waals surface area contributed by atoms with Gasteiger partial charge in [0.1, 0.15) is 0 Å². The molecule has 8 rings (SSSR count). The van der Waals surface area contributed by atoms with Crippen LogP contribution in [0, 0.1) is 11.6 Å². The van der Waals surface area contributed by atoms with Crippen molar-refractivity contribution in [2.75, 3.05) is 18.6 Å². The van der Waals surface area contributed by atoms with Gasteiger partial charge in [0.25, 0.3) is 11.1 Å². The van der Waals surface area contributed by atoms with Gasteiger partial charge in [0.15, 0.2) is 42.8 Å². The van der Waals surface area contributed by atoms with E-state index in [2.05, 4.69) is 0 Å². The quantitative estimate of drug-likeness (QED) is 0.154. The summed E-state index contributed by atoms with van der Waals surface area (Å²) in [6, 6.07) is 21.8. The Morgan fingerprint density at radius 1 is 0.600 bits per heavy atom. The minimum atomic E-state index is -3.25. The van der Waals surface area contributed by atoms with E-state index in [1.165, 1.54) is 46.6 Å². The predicted molar refractivity (Wildman–Crippen MR) is 250 cm³/mol. The Kier molecular flexibility index (Phi) is 13.0. The molecule has 0 unspecified atom stereocenters. The zero-order valence-corrected chi connectivity index (χ0v) is 38.5. The monoisotopic (exact) mass is 922 g/mol. The molecule has 2 aliphatic heterocycles. The summed E-state index contributed by atoms with van der Waals surface area (Å²) in [5, 5.41) is 9.92. The van der Waals surface area contributed by atoms with Gasteiger partial charge in [-0.05, 0) is 95.8 Å². The number of phenolic OH excluding ortho intramolecular Hbond substituents is 1. The maximum atomic E-state index is 14.1. The molecule has 65 heavy (non-hydrogen) atoms. The van der Waals surface area contributed by atoms with Crippen LogP contribution in [0.3, 0.4) is 0 Å². The van der Waals surface area contributed by atoms with E-state index < -0.39 is 43.1 Å². The van der Waals surface area contributed by atoms with E-state index in [-0.39, 0.29) is 45.9 Å². The highest BCUT2D eigenvalue weighted by Crippen LogP contribution is 2.40. The molecule has 1 N–H and O–H groups in total. The topological polar surface area (TPSA) is 166 Å². The number of methoxy groups -OCH3 is 1. The fourth-order valence-corrected chi connectivity index (χ4v) is 9.74. The van der Waals surface area contributed by atoms with Crippen molar-refractivity contribution < 1.29 is 35.5 Å². The number of fused-ring (bicyclic) bond motifs is 6. The average molecular weight is 923 g/mol. The van der Waals surface area contributed by atoms with E-state index in [4.69, 9.17) is 14.7 Å². The van der Waals surface area contributed by atoms with Crippen molar-refractivity contribution in [3.63, 3.8) is 0 Å². The normalized spacial score (nSPS) is 15.4. The van der Waals surface area contributed by atoms with E-state index >= 15 is 0 Å². The van der Waals surface area contributed by atoms with Crippen LogP contribution < -0.4 is 15.9 Å². The lowest BCUT2D eigenvalue weighted by molar-refractivity contribution is 0.386. The minimum absolute atomic E-state index is 0.0355. The Balaban J connectivity index is 0.000000194. The summed E-state index contributed by atoms with van der Waals surface area (Å²) in [5.41, 5.74) is 9.29. The number of hydrogen-bond donors (Lipinski definition) is 1. The van der Waals surface area contributed by atoms with Crippen molar-refractivity contribution in [1.29, 1.82) is 0 Å². The van der Waals surface area contributed by atoms with E-state index in [0.717, 1.165) is 33.4 Å². The summed E-state index contributed by atoms with van der Waals surface area (Å²) < 4.78 is 84.9. The first-order valence-electron chi connectivity index (χ1n) is 20.8. The zero-order chi connectivity index (χ0) is 47.1. The van der Waals surface area contributed by atoms with Crippen LogP contribution in [0.25, 0.3) is 22.3 Å². The molecule has 0 spiro atoms. The molecular formula is C49H48F2N4O8S2.